The van der Waals surface area contributed by atoms with Crippen molar-refractivity contribution in [2.24, 2.45) is 17.8 Å². The van der Waals surface area contributed by atoms with Gasteiger partial charge in [0.1, 0.15) is 5.75 Å². The molecule has 4 fully saturated rings. The first-order chi connectivity index (χ1) is 14.4. The maximum Gasteiger partial charge on any atom is 0.273 e. The molecule has 0 atom stereocenters. The number of aromatic nitrogens is 2. The lowest BCUT2D eigenvalue weighted by Crippen LogP contribution is -2.52. The Kier molecular flexibility index (Phi) is 4.65. The summed E-state index contributed by atoms with van der Waals surface area (Å²) in [6, 6.07) is 6.32. The minimum Gasteiger partial charge on any atom is -0.494 e. The first-order valence-corrected chi connectivity index (χ1v) is 10.8. The van der Waals surface area contributed by atoms with E-state index in [9.17, 15) is 10.1 Å². The number of ether oxygens (including phenoxy) is 1. The lowest BCUT2D eigenvalue weighted by molar-refractivity contribution is -0.384. The fraction of sp³-hybridized carbons (Fsp3) is 0.524. The molecule has 8 nitrogen and oxygen atoms in total. The monoisotopic (exact) mass is 427 g/mol. The van der Waals surface area contributed by atoms with E-state index >= 15 is 0 Å². The Bertz CT molecular complexity index is 969. The zero-order valence-corrected chi connectivity index (χ0v) is 17.7. The van der Waals surface area contributed by atoms with E-state index in [0.29, 0.717) is 22.4 Å². The average molecular weight is 428 g/mol. The van der Waals surface area contributed by atoms with Crippen molar-refractivity contribution in [1.82, 2.24) is 9.78 Å². The first-order valence-electron chi connectivity index (χ1n) is 10.4. The van der Waals surface area contributed by atoms with Gasteiger partial charge in [-0.2, -0.15) is 5.10 Å². The molecule has 4 aliphatic carbocycles. The van der Waals surface area contributed by atoms with Crippen molar-refractivity contribution in [3.05, 3.63) is 40.6 Å². The van der Waals surface area contributed by atoms with E-state index in [4.69, 9.17) is 22.1 Å². The van der Waals surface area contributed by atoms with Gasteiger partial charge in [0.05, 0.1) is 29.3 Å². The number of nitrogens with zero attached hydrogens (tertiary/aromatic N) is 3. The highest BCUT2D eigenvalue weighted by Crippen LogP contribution is 2.58. The van der Waals surface area contributed by atoms with Crippen molar-refractivity contribution in [3.8, 4) is 5.75 Å². The van der Waals surface area contributed by atoms with E-state index in [2.05, 4.69) is 21.5 Å². The lowest BCUT2D eigenvalue weighted by Gasteiger charge is -2.56. The highest BCUT2D eigenvalue weighted by Gasteiger charge is 2.52. The van der Waals surface area contributed by atoms with E-state index in [-0.39, 0.29) is 11.2 Å². The van der Waals surface area contributed by atoms with E-state index < -0.39 is 4.92 Å². The summed E-state index contributed by atoms with van der Waals surface area (Å²) in [7, 11) is 1.47. The van der Waals surface area contributed by atoms with Gasteiger partial charge in [-0.25, -0.2) is 0 Å². The molecule has 2 N–H and O–H groups in total. The number of rotatable bonds is 5. The molecule has 4 saturated carbocycles. The molecule has 0 unspecified atom stereocenters. The second kappa shape index (κ2) is 7.23. The van der Waals surface area contributed by atoms with Crippen LogP contribution in [-0.4, -0.2) is 26.9 Å². The largest absolute Gasteiger partial charge is 0.494 e. The van der Waals surface area contributed by atoms with Gasteiger partial charge in [0.15, 0.2) is 10.9 Å². The number of hydrogen-bond acceptors (Lipinski definition) is 5. The van der Waals surface area contributed by atoms with Crippen LogP contribution in [0.1, 0.15) is 38.5 Å². The van der Waals surface area contributed by atoms with E-state index in [1.807, 2.05) is 6.07 Å². The number of nitro benzene ring substituents is 1. The summed E-state index contributed by atoms with van der Waals surface area (Å²) in [5.41, 5.74) is 0.692. The molecule has 4 aliphatic rings. The van der Waals surface area contributed by atoms with Gasteiger partial charge in [-0.05, 0) is 74.6 Å². The second-order valence-corrected chi connectivity index (χ2v) is 9.42. The van der Waals surface area contributed by atoms with Gasteiger partial charge in [-0.3, -0.25) is 14.8 Å². The van der Waals surface area contributed by atoms with Crippen LogP contribution in [0.2, 0.25) is 0 Å². The quantitative estimate of drug-likeness (QED) is 0.411. The zero-order chi connectivity index (χ0) is 20.9. The Balaban J connectivity index is 1.28. The molecule has 0 spiro atoms. The molecule has 1 aromatic heterocycles. The second-order valence-electron chi connectivity index (χ2n) is 9.01. The Labute approximate surface area is 180 Å². The molecule has 0 saturated heterocycles. The number of nitro groups is 1. The van der Waals surface area contributed by atoms with Gasteiger partial charge < -0.3 is 15.4 Å². The molecule has 0 amide bonds. The predicted octanol–water partition coefficient (Wildman–Crippen LogP) is 4.53. The summed E-state index contributed by atoms with van der Waals surface area (Å²) in [4.78, 5) is 10.5. The van der Waals surface area contributed by atoms with Crippen molar-refractivity contribution in [3.63, 3.8) is 0 Å². The van der Waals surface area contributed by atoms with Crippen molar-refractivity contribution in [1.29, 1.82) is 0 Å². The number of benzene rings is 1. The number of thiocarbonyl (C=S) groups is 1. The van der Waals surface area contributed by atoms with Crippen LogP contribution in [0.25, 0.3) is 0 Å². The summed E-state index contributed by atoms with van der Waals surface area (Å²) in [5, 5.41) is 22.3. The van der Waals surface area contributed by atoms with Crippen LogP contribution >= 0.6 is 12.2 Å². The van der Waals surface area contributed by atoms with Gasteiger partial charge in [0.25, 0.3) is 5.69 Å². The third-order valence-electron chi connectivity index (χ3n) is 6.97. The molecule has 4 bridgehead atoms. The van der Waals surface area contributed by atoms with Crippen LogP contribution in [0.15, 0.2) is 30.5 Å². The van der Waals surface area contributed by atoms with Crippen LogP contribution in [-0.2, 0) is 5.54 Å². The lowest BCUT2D eigenvalue weighted by atomic mass is 9.53. The Morgan fingerprint density at radius 3 is 2.47 bits per heavy atom. The van der Waals surface area contributed by atoms with Gasteiger partial charge in [0, 0.05) is 18.3 Å². The molecule has 158 valence electrons. The van der Waals surface area contributed by atoms with Crippen LogP contribution in [0.5, 0.6) is 5.75 Å². The summed E-state index contributed by atoms with van der Waals surface area (Å²) < 4.78 is 7.43. The summed E-state index contributed by atoms with van der Waals surface area (Å²) in [6.45, 7) is 0. The maximum atomic E-state index is 11.0. The van der Waals surface area contributed by atoms with Crippen LogP contribution < -0.4 is 15.4 Å². The number of hydrogen-bond donors (Lipinski definition) is 2. The molecule has 9 heteroatoms. The van der Waals surface area contributed by atoms with Crippen LogP contribution in [0.3, 0.4) is 0 Å². The molecule has 2 aromatic rings. The smallest absolute Gasteiger partial charge is 0.273 e. The molecule has 30 heavy (non-hydrogen) atoms. The van der Waals surface area contributed by atoms with Crippen molar-refractivity contribution in [2.45, 2.75) is 44.1 Å². The third-order valence-corrected chi connectivity index (χ3v) is 7.17. The molecular weight excluding hydrogens is 402 g/mol. The van der Waals surface area contributed by atoms with Gasteiger partial charge in [0.2, 0.25) is 0 Å². The molecule has 0 aliphatic heterocycles. The molecule has 6 rings (SSSR count). The Morgan fingerprint density at radius 2 is 1.87 bits per heavy atom. The standard InChI is InChI=1S/C21H25N5O3S/c1-29-18-9-16(26(27)28)2-3-17(18)22-20(30)23-19-4-5-25(24-19)21-10-13-6-14(11-21)8-15(7-13)12-21/h2-5,9,13-15H,6-8,10-12H2,1H3,(H2,22,23,24,30). The minimum atomic E-state index is -0.458. The Hall–Kier alpha value is -2.68. The average Bonchev–Trinajstić information content (AvgIpc) is 3.16. The summed E-state index contributed by atoms with van der Waals surface area (Å²) in [6.07, 6.45) is 9.99. The number of non-ortho nitro benzene ring substituents is 1. The van der Waals surface area contributed by atoms with E-state index in [0.717, 1.165) is 17.8 Å². The highest BCUT2D eigenvalue weighted by atomic mass is 32.1. The highest BCUT2D eigenvalue weighted by molar-refractivity contribution is 7.80. The SMILES string of the molecule is COc1cc([N+](=O)[O-])ccc1NC(=S)Nc1ccn(C23CC4CC(CC(C4)C2)C3)n1. The van der Waals surface area contributed by atoms with Gasteiger partial charge in [-0.15, -0.1) is 0 Å². The number of methoxy groups -OCH3 is 1. The summed E-state index contributed by atoms with van der Waals surface area (Å²) in [5.74, 6) is 3.62. The van der Waals surface area contributed by atoms with Crippen LogP contribution in [0.4, 0.5) is 17.2 Å². The third kappa shape index (κ3) is 3.40. The van der Waals surface area contributed by atoms with Gasteiger partial charge >= 0.3 is 0 Å². The predicted molar refractivity (Wildman–Crippen MR) is 118 cm³/mol. The summed E-state index contributed by atoms with van der Waals surface area (Å²) >= 11 is 5.43. The van der Waals surface area contributed by atoms with Crippen molar-refractivity contribution >= 4 is 34.5 Å². The molecular formula is C21H25N5O3S. The molecule has 1 aromatic carbocycles. The van der Waals surface area contributed by atoms with Crippen molar-refractivity contribution in [2.75, 3.05) is 17.7 Å². The van der Waals surface area contributed by atoms with E-state index in [1.165, 1.54) is 57.8 Å². The Morgan fingerprint density at radius 1 is 1.20 bits per heavy atom. The number of anilines is 2. The normalized spacial score (nSPS) is 28.9. The fourth-order valence-corrected chi connectivity index (χ4v) is 6.38. The number of nitrogens with one attached hydrogen (secondary N) is 2. The zero-order valence-electron chi connectivity index (χ0n) is 16.8. The fourth-order valence-electron chi connectivity index (χ4n) is 6.17. The van der Waals surface area contributed by atoms with Gasteiger partial charge in [-0.1, -0.05) is 0 Å². The van der Waals surface area contributed by atoms with Crippen LogP contribution in [0, 0.1) is 27.9 Å². The minimum absolute atomic E-state index is 0.0365. The maximum absolute atomic E-state index is 11.0. The first kappa shape index (κ1) is 19.3. The van der Waals surface area contributed by atoms with E-state index in [1.54, 1.807) is 6.07 Å². The van der Waals surface area contributed by atoms with Crippen molar-refractivity contribution < 1.29 is 9.66 Å². The molecule has 0 radical (unpaired) electrons. The topological polar surface area (TPSA) is 94.3 Å². The molecule has 1 heterocycles.